The number of hydrogen-bond donors (Lipinski definition) is 3. The number of aliphatic hydroxyl groups excluding tert-OH is 2. The summed E-state index contributed by atoms with van der Waals surface area (Å²) in [5.41, 5.74) is -0.251. The molecule has 1 heterocycles. The van der Waals surface area contributed by atoms with Crippen LogP contribution in [0, 0.1) is 3.57 Å². The van der Waals surface area contributed by atoms with E-state index in [0.717, 1.165) is 0 Å². The Morgan fingerprint density at radius 2 is 1.98 bits per heavy atom. The van der Waals surface area contributed by atoms with Gasteiger partial charge >= 0.3 is 5.63 Å². The molecule has 2 aromatic carbocycles. The molecule has 0 bridgehead atoms. The van der Waals surface area contributed by atoms with Gasteiger partial charge in [0.15, 0.2) is 11.5 Å². The van der Waals surface area contributed by atoms with E-state index < -0.39 is 35.7 Å². The number of aldehydes is 1. The van der Waals surface area contributed by atoms with Crippen LogP contribution in [0.4, 0.5) is 0 Å². The van der Waals surface area contributed by atoms with Gasteiger partial charge in [0.25, 0.3) is 5.91 Å². The number of hydrogen-bond acceptors (Lipinski definition) is 10. The first-order chi connectivity index (χ1) is 20.7. The number of fused-ring (bicyclic) bond motifs is 1. The molecule has 1 aliphatic rings. The first-order valence-corrected chi connectivity index (χ1v) is 14.4. The van der Waals surface area contributed by atoms with Gasteiger partial charge in [-0.3, -0.25) is 14.4 Å². The number of para-hydroxylation sites is 1. The highest BCUT2D eigenvalue weighted by Crippen LogP contribution is 2.37. The highest BCUT2D eigenvalue weighted by Gasteiger charge is 2.41. The number of ether oxygens (including phenoxy) is 3. The van der Waals surface area contributed by atoms with Gasteiger partial charge in [0.05, 0.1) is 29.9 Å². The lowest BCUT2D eigenvalue weighted by Gasteiger charge is -2.40. The predicted molar refractivity (Wildman–Crippen MR) is 164 cm³/mol. The maximum Gasteiger partial charge on any atom is 0.349 e. The van der Waals surface area contributed by atoms with E-state index in [1.807, 2.05) is 22.6 Å². The van der Waals surface area contributed by atoms with Crippen molar-refractivity contribution in [3.8, 4) is 11.5 Å². The Hall–Kier alpha value is -3.79. The Bertz CT molecular complexity index is 1590. The molecular formula is C30H31IN2O10. The van der Waals surface area contributed by atoms with Crippen molar-refractivity contribution < 1.29 is 43.2 Å². The van der Waals surface area contributed by atoms with Gasteiger partial charge in [0.1, 0.15) is 29.6 Å². The molecule has 228 valence electrons. The van der Waals surface area contributed by atoms with Gasteiger partial charge in [0.2, 0.25) is 5.91 Å². The van der Waals surface area contributed by atoms with Crippen molar-refractivity contribution in [2.24, 2.45) is 0 Å². The minimum Gasteiger partial charge on any atom is -0.493 e. The molecule has 43 heavy (non-hydrogen) atoms. The number of carbonyl (C=O) groups excluding carboxylic acids is 3. The first kappa shape index (κ1) is 32.1. The fourth-order valence-corrected chi connectivity index (χ4v) is 5.56. The minimum atomic E-state index is -1.38. The standard InChI is InChI=1S/C30H31IN2O10/c1-40-10-8-33(29(38)20-13-18-5-3-4-6-23(18)43-30(20)39)22-14-19(28(37)32-7-9-34)15-24(26(22)36)42-27-21(31)11-17(16-35)12-25(27)41-2/h3-6,11-13,15-16,22,24,26,34,36H,7-10,14H2,1-2H3,(H,32,37)/t22-,24+,26+/m1/s1. The maximum atomic E-state index is 13.9. The highest BCUT2D eigenvalue weighted by atomic mass is 127. The summed E-state index contributed by atoms with van der Waals surface area (Å²) in [5, 5.41) is 24.0. The summed E-state index contributed by atoms with van der Waals surface area (Å²) in [6.07, 6.45) is -0.532. The molecule has 0 spiro atoms. The molecule has 12 nitrogen and oxygen atoms in total. The average Bonchev–Trinajstić information content (AvgIpc) is 3.01. The van der Waals surface area contributed by atoms with Gasteiger partial charge in [-0.05, 0) is 52.9 Å². The molecule has 1 aliphatic carbocycles. The zero-order chi connectivity index (χ0) is 31.1. The Morgan fingerprint density at radius 3 is 2.67 bits per heavy atom. The third-order valence-corrected chi connectivity index (χ3v) is 7.73. The van der Waals surface area contributed by atoms with Crippen molar-refractivity contribution >= 4 is 51.7 Å². The molecule has 3 N–H and O–H groups in total. The zero-order valence-electron chi connectivity index (χ0n) is 23.4. The van der Waals surface area contributed by atoms with Gasteiger partial charge in [-0.25, -0.2) is 4.79 Å². The molecule has 0 aliphatic heterocycles. The van der Waals surface area contributed by atoms with Crippen LogP contribution in [-0.2, 0) is 9.53 Å². The van der Waals surface area contributed by atoms with Crippen LogP contribution in [0.2, 0.25) is 0 Å². The molecule has 0 unspecified atom stereocenters. The second kappa shape index (κ2) is 14.6. The summed E-state index contributed by atoms with van der Waals surface area (Å²) < 4.78 is 22.7. The summed E-state index contributed by atoms with van der Waals surface area (Å²) in [6, 6.07) is 10.2. The van der Waals surface area contributed by atoms with Crippen LogP contribution in [-0.4, -0.2) is 92.0 Å². The lowest BCUT2D eigenvalue weighted by molar-refractivity contribution is -0.118. The SMILES string of the molecule is COCCN(C(=O)c1cc2ccccc2oc1=O)[C@@H]1CC(C(=O)NCCO)=C[C@H](Oc2c(I)cc(C=O)cc2OC)[C@H]1O. The summed E-state index contributed by atoms with van der Waals surface area (Å²) in [5.74, 6) is -0.806. The van der Waals surface area contributed by atoms with E-state index in [9.17, 15) is 29.4 Å². The summed E-state index contributed by atoms with van der Waals surface area (Å²) in [6.45, 7) is -0.275. The smallest absolute Gasteiger partial charge is 0.349 e. The summed E-state index contributed by atoms with van der Waals surface area (Å²) >= 11 is 1.96. The number of carbonyl (C=O) groups is 3. The summed E-state index contributed by atoms with van der Waals surface area (Å²) in [7, 11) is 2.85. The number of benzene rings is 2. The van der Waals surface area contributed by atoms with Crippen molar-refractivity contribution in [1.29, 1.82) is 0 Å². The Labute approximate surface area is 260 Å². The predicted octanol–water partition coefficient (Wildman–Crippen LogP) is 1.92. The second-order valence-electron chi connectivity index (χ2n) is 9.64. The van der Waals surface area contributed by atoms with E-state index in [1.165, 1.54) is 37.3 Å². The van der Waals surface area contributed by atoms with E-state index in [4.69, 9.17) is 18.6 Å². The van der Waals surface area contributed by atoms with Gasteiger partial charge in [-0.2, -0.15) is 0 Å². The van der Waals surface area contributed by atoms with E-state index in [0.29, 0.717) is 26.4 Å². The molecule has 13 heteroatoms. The van der Waals surface area contributed by atoms with Gasteiger partial charge in [-0.15, -0.1) is 0 Å². The van der Waals surface area contributed by atoms with Crippen molar-refractivity contribution in [2.45, 2.75) is 24.7 Å². The van der Waals surface area contributed by atoms with Crippen LogP contribution >= 0.6 is 22.6 Å². The number of amides is 2. The van der Waals surface area contributed by atoms with Gasteiger partial charge < -0.3 is 39.1 Å². The fraction of sp³-hybridized carbons (Fsp3) is 0.333. The van der Waals surface area contributed by atoms with Crippen LogP contribution in [0.1, 0.15) is 27.1 Å². The van der Waals surface area contributed by atoms with Crippen LogP contribution in [0.15, 0.2) is 63.3 Å². The maximum absolute atomic E-state index is 13.9. The third kappa shape index (κ3) is 7.24. The topological polar surface area (TPSA) is 165 Å². The van der Waals surface area contributed by atoms with Crippen molar-refractivity contribution in [3.63, 3.8) is 0 Å². The number of halogens is 1. The Balaban J connectivity index is 1.77. The zero-order valence-corrected chi connectivity index (χ0v) is 25.6. The number of nitrogens with zero attached hydrogens (tertiary/aromatic N) is 1. The Morgan fingerprint density at radius 1 is 1.21 bits per heavy atom. The molecule has 1 aromatic heterocycles. The quantitative estimate of drug-likeness (QED) is 0.144. The molecule has 4 rings (SSSR count). The molecule has 2 amide bonds. The molecular weight excluding hydrogens is 675 g/mol. The van der Waals surface area contributed by atoms with Crippen molar-refractivity contribution in [3.05, 3.63) is 79.2 Å². The van der Waals surface area contributed by atoms with Gasteiger partial charge in [0, 0.05) is 43.1 Å². The van der Waals surface area contributed by atoms with E-state index in [2.05, 4.69) is 5.32 Å². The molecule has 3 atom stereocenters. The lowest BCUT2D eigenvalue weighted by Crippen LogP contribution is -2.56. The molecule has 0 saturated carbocycles. The molecule has 0 radical (unpaired) electrons. The minimum absolute atomic E-state index is 0.0156. The first-order valence-electron chi connectivity index (χ1n) is 13.3. The monoisotopic (exact) mass is 706 g/mol. The van der Waals surface area contributed by atoms with Crippen LogP contribution in [0.3, 0.4) is 0 Å². The number of nitrogens with one attached hydrogen (secondary N) is 1. The van der Waals surface area contributed by atoms with E-state index in [1.54, 1.807) is 30.3 Å². The van der Waals surface area contributed by atoms with Crippen molar-refractivity contribution in [1.82, 2.24) is 10.2 Å². The Kier molecular flexibility index (Phi) is 10.9. The third-order valence-electron chi connectivity index (χ3n) is 6.93. The van der Waals surface area contributed by atoms with Crippen molar-refractivity contribution in [2.75, 3.05) is 40.5 Å². The average molecular weight is 706 g/mol. The van der Waals surface area contributed by atoms with Crippen LogP contribution in [0.5, 0.6) is 11.5 Å². The number of aliphatic hydroxyl groups is 2. The molecule has 3 aromatic rings. The highest BCUT2D eigenvalue weighted by molar-refractivity contribution is 14.1. The normalized spacial score (nSPS) is 18.1. The molecule has 0 fully saturated rings. The lowest BCUT2D eigenvalue weighted by atomic mass is 9.87. The van der Waals surface area contributed by atoms with E-state index >= 15 is 0 Å². The van der Waals surface area contributed by atoms with E-state index in [-0.39, 0.29) is 55.4 Å². The number of methoxy groups -OCH3 is 2. The fourth-order valence-electron chi connectivity index (χ4n) is 4.81. The second-order valence-corrected chi connectivity index (χ2v) is 10.8. The van der Waals surface area contributed by atoms with Gasteiger partial charge in [-0.1, -0.05) is 18.2 Å². The van der Waals surface area contributed by atoms with Crippen LogP contribution < -0.4 is 20.4 Å². The van der Waals surface area contributed by atoms with Crippen LogP contribution in [0.25, 0.3) is 11.0 Å². The largest absolute Gasteiger partial charge is 0.493 e. The molecule has 0 saturated heterocycles. The number of rotatable bonds is 12. The summed E-state index contributed by atoms with van der Waals surface area (Å²) in [4.78, 5) is 52.6.